The van der Waals surface area contributed by atoms with Gasteiger partial charge in [-0.2, -0.15) is 0 Å². The number of nitrogens with zero attached hydrogens (tertiary/aromatic N) is 4. The molecular weight excluding hydrogens is 386 g/mol. The number of furan rings is 1. The monoisotopic (exact) mass is 415 g/mol. The standard InChI is InChI=1S/C21H29N5O4/c1-29-21(28)18-14-26(24-23-18)16-11-19(20(27)22-12-17-9-6-10-30-17)25(13-16)15-7-4-2-3-5-8-15/h6,9-10,14-16,19H,2-5,7-8,11-13H2,1H3,(H,22,27)/t16-,19-/m0/s1. The summed E-state index contributed by atoms with van der Waals surface area (Å²) in [5.41, 5.74) is 0.184. The van der Waals surface area contributed by atoms with Crippen LogP contribution in [0.4, 0.5) is 0 Å². The van der Waals surface area contributed by atoms with Crippen molar-refractivity contribution in [2.24, 2.45) is 0 Å². The van der Waals surface area contributed by atoms with Gasteiger partial charge >= 0.3 is 5.97 Å². The lowest BCUT2D eigenvalue weighted by molar-refractivity contribution is -0.126. The Morgan fingerprint density at radius 1 is 1.23 bits per heavy atom. The van der Waals surface area contributed by atoms with Crippen LogP contribution in [0.15, 0.2) is 29.0 Å². The van der Waals surface area contributed by atoms with Gasteiger partial charge in [-0.25, -0.2) is 9.48 Å². The highest BCUT2D eigenvalue weighted by atomic mass is 16.5. The third-order valence-corrected chi connectivity index (χ3v) is 6.21. The molecule has 1 N–H and O–H groups in total. The van der Waals surface area contributed by atoms with Gasteiger partial charge in [-0.1, -0.05) is 30.9 Å². The number of nitrogens with one attached hydrogen (secondary N) is 1. The van der Waals surface area contributed by atoms with Crippen molar-refractivity contribution in [2.45, 2.75) is 69.6 Å². The molecule has 3 heterocycles. The summed E-state index contributed by atoms with van der Waals surface area (Å²) < 4.78 is 11.8. The van der Waals surface area contributed by atoms with Crippen LogP contribution in [0.5, 0.6) is 0 Å². The molecule has 1 saturated heterocycles. The Labute approximate surface area is 175 Å². The second-order valence-electron chi connectivity index (χ2n) is 8.12. The second-order valence-corrected chi connectivity index (χ2v) is 8.12. The van der Waals surface area contributed by atoms with E-state index in [9.17, 15) is 9.59 Å². The van der Waals surface area contributed by atoms with Crippen molar-refractivity contribution in [3.05, 3.63) is 36.0 Å². The van der Waals surface area contributed by atoms with E-state index in [4.69, 9.17) is 9.15 Å². The molecule has 0 radical (unpaired) electrons. The molecule has 162 valence electrons. The van der Waals surface area contributed by atoms with E-state index in [-0.39, 0.29) is 23.7 Å². The van der Waals surface area contributed by atoms with Crippen LogP contribution in [-0.2, 0) is 16.1 Å². The first-order valence-corrected chi connectivity index (χ1v) is 10.7. The minimum Gasteiger partial charge on any atom is -0.467 e. The molecule has 2 aromatic rings. The smallest absolute Gasteiger partial charge is 0.360 e. The lowest BCUT2D eigenvalue weighted by atomic mass is 10.1. The van der Waals surface area contributed by atoms with Crippen LogP contribution in [0.25, 0.3) is 0 Å². The molecule has 1 amide bonds. The van der Waals surface area contributed by atoms with Crippen molar-refractivity contribution in [3.63, 3.8) is 0 Å². The number of ether oxygens (including phenoxy) is 1. The van der Waals surface area contributed by atoms with Crippen molar-refractivity contribution < 1.29 is 18.7 Å². The van der Waals surface area contributed by atoms with Crippen LogP contribution in [0, 0.1) is 0 Å². The number of esters is 1. The van der Waals surface area contributed by atoms with Crippen molar-refractivity contribution >= 4 is 11.9 Å². The third kappa shape index (κ3) is 4.56. The van der Waals surface area contributed by atoms with Gasteiger partial charge in [0.15, 0.2) is 5.69 Å². The van der Waals surface area contributed by atoms with Gasteiger partial charge in [-0.05, 0) is 31.4 Å². The van der Waals surface area contributed by atoms with Crippen LogP contribution < -0.4 is 5.32 Å². The van der Waals surface area contributed by atoms with Crippen LogP contribution >= 0.6 is 0 Å². The number of rotatable bonds is 6. The molecule has 2 aliphatic rings. The zero-order valence-electron chi connectivity index (χ0n) is 17.3. The number of carbonyl (C=O) groups is 2. The third-order valence-electron chi connectivity index (χ3n) is 6.21. The molecular formula is C21H29N5O4. The van der Waals surface area contributed by atoms with E-state index in [1.54, 1.807) is 17.1 Å². The van der Waals surface area contributed by atoms with E-state index in [1.165, 1.54) is 32.8 Å². The molecule has 0 unspecified atom stereocenters. The molecule has 0 aromatic carbocycles. The normalized spacial score (nSPS) is 23.2. The molecule has 1 aliphatic carbocycles. The van der Waals surface area contributed by atoms with E-state index in [1.807, 2.05) is 12.1 Å². The lowest BCUT2D eigenvalue weighted by Gasteiger charge is -2.31. The molecule has 9 heteroatoms. The quantitative estimate of drug-likeness (QED) is 0.570. The maximum Gasteiger partial charge on any atom is 0.360 e. The summed E-state index contributed by atoms with van der Waals surface area (Å²) in [4.78, 5) is 27.2. The Kier molecular flexibility index (Phi) is 6.47. The number of likely N-dealkylation sites (tertiary alicyclic amines) is 1. The second kappa shape index (κ2) is 9.42. The van der Waals surface area contributed by atoms with Gasteiger partial charge in [0.05, 0.1) is 38.2 Å². The summed E-state index contributed by atoms with van der Waals surface area (Å²) in [5.74, 6) is 0.233. The summed E-state index contributed by atoms with van der Waals surface area (Å²) in [7, 11) is 1.32. The Hall–Kier alpha value is -2.68. The fourth-order valence-corrected chi connectivity index (χ4v) is 4.64. The van der Waals surface area contributed by atoms with E-state index < -0.39 is 5.97 Å². The zero-order chi connectivity index (χ0) is 20.9. The average Bonchev–Trinajstić information content (AvgIpc) is 3.49. The maximum absolute atomic E-state index is 13.1. The number of hydrogen-bond donors (Lipinski definition) is 1. The zero-order valence-corrected chi connectivity index (χ0v) is 17.3. The summed E-state index contributed by atoms with van der Waals surface area (Å²) in [6.45, 7) is 1.09. The molecule has 4 rings (SSSR count). The first-order chi connectivity index (χ1) is 14.7. The van der Waals surface area contributed by atoms with E-state index in [0.29, 0.717) is 25.6 Å². The van der Waals surface area contributed by atoms with Crippen LogP contribution in [0.1, 0.15) is 67.2 Å². The fourth-order valence-electron chi connectivity index (χ4n) is 4.64. The SMILES string of the molecule is COC(=O)c1cn([C@H]2C[C@@H](C(=O)NCc3ccco3)N(C3CCCCCC3)C2)nn1. The highest BCUT2D eigenvalue weighted by Crippen LogP contribution is 2.33. The minimum atomic E-state index is -0.507. The molecule has 1 saturated carbocycles. The highest BCUT2D eigenvalue weighted by molar-refractivity contribution is 5.86. The van der Waals surface area contributed by atoms with Gasteiger partial charge in [0.2, 0.25) is 5.91 Å². The molecule has 30 heavy (non-hydrogen) atoms. The van der Waals surface area contributed by atoms with Crippen molar-refractivity contribution in [2.75, 3.05) is 13.7 Å². The first-order valence-electron chi connectivity index (χ1n) is 10.7. The van der Waals surface area contributed by atoms with Gasteiger partial charge in [-0.3, -0.25) is 9.69 Å². The topological polar surface area (TPSA) is 102 Å². The first kappa shape index (κ1) is 20.6. The van der Waals surface area contributed by atoms with Gasteiger partial charge < -0.3 is 14.5 Å². The van der Waals surface area contributed by atoms with E-state index >= 15 is 0 Å². The van der Waals surface area contributed by atoms with Gasteiger partial charge in [0.25, 0.3) is 0 Å². The molecule has 9 nitrogen and oxygen atoms in total. The molecule has 2 atom stereocenters. The molecule has 2 aromatic heterocycles. The average molecular weight is 415 g/mol. The largest absolute Gasteiger partial charge is 0.467 e. The fraction of sp³-hybridized carbons (Fsp3) is 0.619. The van der Waals surface area contributed by atoms with Gasteiger partial charge in [0, 0.05) is 12.6 Å². The number of amides is 1. The van der Waals surface area contributed by atoms with E-state index in [0.717, 1.165) is 18.6 Å². The Bertz CT molecular complexity index is 841. The number of carbonyl (C=O) groups excluding carboxylic acids is 2. The number of hydrogen-bond acceptors (Lipinski definition) is 7. The van der Waals surface area contributed by atoms with Crippen LogP contribution in [-0.4, -0.2) is 57.5 Å². The van der Waals surface area contributed by atoms with Crippen molar-refractivity contribution in [3.8, 4) is 0 Å². The van der Waals surface area contributed by atoms with Crippen molar-refractivity contribution in [1.82, 2.24) is 25.2 Å². The molecule has 0 spiro atoms. The summed E-state index contributed by atoms with van der Waals surface area (Å²) in [5, 5.41) is 11.1. The van der Waals surface area contributed by atoms with Crippen LogP contribution in [0.3, 0.4) is 0 Å². The predicted octanol–water partition coefficient (Wildman–Crippen LogP) is 2.31. The van der Waals surface area contributed by atoms with Gasteiger partial charge in [0.1, 0.15) is 5.76 Å². The van der Waals surface area contributed by atoms with E-state index in [2.05, 4.69) is 20.5 Å². The van der Waals surface area contributed by atoms with Crippen molar-refractivity contribution in [1.29, 1.82) is 0 Å². The van der Waals surface area contributed by atoms with Crippen LogP contribution in [0.2, 0.25) is 0 Å². The summed E-state index contributed by atoms with van der Waals surface area (Å²) in [6, 6.07) is 3.80. The molecule has 2 fully saturated rings. The Balaban J connectivity index is 1.49. The Morgan fingerprint density at radius 3 is 2.73 bits per heavy atom. The highest BCUT2D eigenvalue weighted by Gasteiger charge is 2.41. The summed E-state index contributed by atoms with van der Waals surface area (Å²) in [6.07, 6.45) is 11.0. The number of methoxy groups -OCH3 is 1. The molecule has 0 bridgehead atoms. The predicted molar refractivity (Wildman–Crippen MR) is 108 cm³/mol. The minimum absolute atomic E-state index is 0.00598. The maximum atomic E-state index is 13.1. The number of aromatic nitrogens is 3. The Morgan fingerprint density at radius 2 is 2.03 bits per heavy atom. The summed E-state index contributed by atoms with van der Waals surface area (Å²) >= 11 is 0. The van der Waals surface area contributed by atoms with Gasteiger partial charge in [-0.15, -0.1) is 5.10 Å². The lowest BCUT2D eigenvalue weighted by Crippen LogP contribution is -2.47. The molecule has 1 aliphatic heterocycles.